The number of amides is 2. The first-order valence-corrected chi connectivity index (χ1v) is 10.9. The Hall–Kier alpha value is -1.94. The van der Waals surface area contributed by atoms with Crippen LogP contribution in [0.4, 0.5) is 4.79 Å². The van der Waals surface area contributed by atoms with Gasteiger partial charge in [0.25, 0.3) is 0 Å². The largest absolute Gasteiger partial charge is 0.374 e. The number of H-pyrrole nitrogens is 1. The SMILES string of the molecule is O=C(NC[C@H]1CN(Cc2ccc(Cl)c(Cl)c2)CCO1)NC(CC1CC1)c1nnn[nH]1. The zero-order valence-corrected chi connectivity index (χ0v) is 18.0. The van der Waals surface area contributed by atoms with E-state index in [4.69, 9.17) is 27.9 Å². The first kappa shape index (κ1) is 21.3. The third-order valence-electron chi connectivity index (χ3n) is 5.37. The molecule has 1 aromatic heterocycles. The molecule has 2 heterocycles. The van der Waals surface area contributed by atoms with E-state index in [1.807, 2.05) is 18.2 Å². The Bertz CT molecular complexity index is 847. The number of carbonyl (C=O) groups excluding carboxylic acids is 1. The average molecular weight is 454 g/mol. The number of aromatic amines is 1. The van der Waals surface area contributed by atoms with Gasteiger partial charge >= 0.3 is 6.03 Å². The van der Waals surface area contributed by atoms with Crippen molar-refractivity contribution < 1.29 is 9.53 Å². The molecule has 3 N–H and O–H groups in total. The summed E-state index contributed by atoms with van der Waals surface area (Å²) in [5, 5.41) is 20.9. The van der Waals surface area contributed by atoms with Crippen LogP contribution in [0.1, 0.15) is 36.7 Å². The van der Waals surface area contributed by atoms with Crippen molar-refractivity contribution in [1.82, 2.24) is 36.2 Å². The molecule has 2 amide bonds. The van der Waals surface area contributed by atoms with Gasteiger partial charge in [-0.2, -0.15) is 0 Å². The number of ether oxygens (including phenoxy) is 1. The normalized spacial score (nSPS) is 20.7. The molecule has 0 bridgehead atoms. The molecule has 4 rings (SSSR count). The van der Waals surface area contributed by atoms with Crippen LogP contribution in [-0.2, 0) is 11.3 Å². The molecule has 2 aromatic rings. The van der Waals surface area contributed by atoms with Gasteiger partial charge in [-0.05, 0) is 40.5 Å². The van der Waals surface area contributed by atoms with Gasteiger partial charge < -0.3 is 15.4 Å². The number of nitrogens with one attached hydrogen (secondary N) is 3. The minimum absolute atomic E-state index is 0.0823. The Kier molecular flexibility index (Phi) is 7.04. The first-order chi connectivity index (χ1) is 14.6. The van der Waals surface area contributed by atoms with Gasteiger partial charge in [0.05, 0.1) is 28.8 Å². The van der Waals surface area contributed by atoms with E-state index in [1.165, 1.54) is 12.8 Å². The van der Waals surface area contributed by atoms with Crippen molar-refractivity contribution in [3.63, 3.8) is 0 Å². The van der Waals surface area contributed by atoms with Gasteiger partial charge in [0.1, 0.15) is 0 Å². The molecular weight excluding hydrogens is 429 g/mol. The molecule has 0 radical (unpaired) electrons. The lowest BCUT2D eigenvalue weighted by atomic mass is 10.1. The van der Waals surface area contributed by atoms with Crippen molar-refractivity contribution in [2.75, 3.05) is 26.2 Å². The number of hydrogen-bond acceptors (Lipinski definition) is 6. The summed E-state index contributed by atoms with van der Waals surface area (Å²) >= 11 is 12.1. The van der Waals surface area contributed by atoms with Crippen LogP contribution in [0.3, 0.4) is 0 Å². The molecule has 9 nitrogen and oxygen atoms in total. The molecule has 1 aromatic carbocycles. The number of halogens is 2. The predicted molar refractivity (Wildman–Crippen MR) is 112 cm³/mol. The molecule has 1 saturated carbocycles. The van der Waals surface area contributed by atoms with E-state index in [0.717, 1.165) is 31.6 Å². The van der Waals surface area contributed by atoms with Gasteiger partial charge in [-0.3, -0.25) is 4.90 Å². The zero-order chi connectivity index (χ0) is 20.9. The molecule has 0 spiro atoms. The van der Waals surface area contributed by atoms with Crippen LogP contribution in [0.2, 0.25) is 10.0 Å². The fourth-order valence-corrected chi connectivity index (χ4v) is 3.92. The zero-order valence-electron chi connectivity index (χ0n) is 16.5. The third-order valence-corrected chi connectivity index (χ3v) is 6.11. The van der Waals surface area contributed by atoms with E-state index in [-0.39, 0.29) is 18.2 Å². The molecule has 2 fully saturated rings. The molecule has 1 aliphatic carbocycles. The van der Waals surface area contributed by atoms with Gasteiger partial charge in [-0.25, -0.2) is 9.89 Å². The van der Waals surface area contributed by atoms with Crippen LogP contribution in [0.15, 0.2) is 18.2 Å². The number of aromatic nitrogens is 4. The molecule has 1 unspecified atom stereocenters. The Morgan fingerprint density at radius 2 is 2.20 bits per heavy atom. The lowest BCUT2D eigenvalue weighted by Gasteiger charge is -2.33. The Balaban J connectivity index is 1.24. The monoisotopic (exact) mass is 453 g/mol. The summed E-state index contributed by atoms with van der Waals surface area (Å²) in [5.74, 6) is 1.20. The summed E-state index contributed by atoms with van der Waals surface area (Å²) in [6, 6.07) is 5.21. The van der Waals surface area contributed by atoms with Gasteiger partial charge in [0.15, 0.2) is 5.82 Å². The Morgan fingerprint density at radius 1 is 1.33 bits per heavy atom. The van der Waals surface area contributed by atoms with E-state index >= 15 is 0 Å². The standard InChI is InChI=1S/C19H25Cl2N7O2/c20-15-4-3-13(7-16(15)21)10-28-5-6-30-14(11-28)9-22-19(29)23-17(8-12-1-2-12)18-24-26-27-25-18/h3-4,7,12,14,17H,1-2,5-6,8-11H2,(H2,22,23,29)(H,24,25,26,27)/t14-,17?/m0/s1. The van der Waals surface area contributed by atoms with Gasteiger partial charge in [0.2, 0.25) is 0 Å². The summed E-state index contributed by atoms with van der Waals surface area (Å²) in [4.78, 5) is 14.7. The van der Waals surface area contributed by atoms with Crippen molar-refractivity contribution >= 4 is 29.2 Å². The van der Waals surface area contributed by atoms with Crippen LogP contribution in [0.5, 0.6) is 0 Å². The van der Waals surface area contributed by atoms with Crippen LogP contribution < -0.4 is 10.6 Å². The van der Waals surface area contributed by atoms with Crippen molar-refractivity contribution in [3.8, 4) is 0 Å². The fraction of sp³-hybridized carbons (Fsp3) is 0.579. The minimum atomic E-state index is -0.248. The molecule has 1 saturated heterocycles. The lowest BCUT2D eigenvalue weighted by Crippen LogP contribution is -2.49. The Labute approximate surface area is 184 Å². The van der Waals surface area contributed by atoms with E-state index in [0.29, 0.717) is 34.9 Å². The second-order valence-corrected chi connectivity index (χ2v) is 8.66. The maximum Gasteiger partial charge on any atom is 0.315 e. The minimum Gasteiger partial charge on any atom is -0.374 e. The number of nitrogens with zero attached hydrogens (tertiary/aromatic N) is 4. The van der Waals surface area contributed by atoms with Crippen LogP contribution in [0.25, 0.3) is 0 Å². The summed E-state index contributed by atoms with van der Waals surface area (Å²) in [7, 11) is 0. The lowest BCUT2D eigenvalue weighted by molar-refractivity contribution is -0.0287. The summed E-state index contributed by atoms with van der Waals surface area (Å²) < 4.78 is 5.82. The maximum atomic E-state index is 12.4. The number of benzene rings is 1. The van der Waals surface area contributed by atoms with E-state index < -0.39 is 0 Å². The summed E-state index contributed by atoms with van der Waals surface area (Å²) in [6.07, 6.45) is 3.13. The van der Waals surface area contributed by atoms with Crippen molar-refractivity contribution in [1.29, 1.82) is 0 Å². The first-order valence-electron chi connectivity index (χ1n) is 10.1. The predicted octanol–water partition coefficient (Wildman–Crippen LogP) is 2.55. The number of rotatable bonds is 8. The van der Waals surface area contributed by atoms with Crippen molar-refractivity contribution in [3.05, 3.63) is 39.6 Å². The van der Waals surface area contributed by atoms with Gasteiger partial charge in [-0.1, -0.05) is 42.1 Å². The molecule has 11 heteroatoms. The van der Waals surface area contributed by atoms with E-state index in [2.05, 4.69) is 36.2 Å². The Morgan fingerprint density at radius 3 is 2.93 bits per heavy atom. The molecule has 162 valence electrons. The number of tetrazole rings is 1. The molecule has 2 atom stereocenters. The third kappa shape index (κ3) is 6.04. The van der Waals surface area contributed by atoms with Crippen LogP contribution in [-0.4, -0.2) is 63.9 Å². The quantitative estimate of drug-likeness (QED) is 0.566. The smallest absolute Gasteiger partial charge is 0.315 e. The number of hydrogen-bond donors (Lipinski definition) is 3. The number of carbonyl (C=O) groups is 1. The number of urea groups is 1. The molecule has 1 aliphatic heterocycles. The van der Waals surface area contributed by atoms with Crippen molar-refractivity contribution in [2.24, 2.45) is 5.92 Å². The highest BCUT2D eigenvalue weighted by molar-refractivity contribution is 6.42. The summed E-state index contributed by atoms with van der Waals surface area (Å²) in [6.45, 7) is 3.34. The second kappa shape index (κ2) is 9.91. The van der Waals surface area contributed by atoms with Crippen molar-refractivity contribution in [2.45, 2.75) is 38.0 Å². The van der Waals surface area contributed by atoms with Crippen LogP contribution in [0, 0.1) is 5.92 Å². The summed E-state index contributed by atoms with van der Waals surface area (Å²) in [5.41, 5.74) is 1.10. The maximum absolute atomic E-state index is 12.4. The van der Waals surface area contributed by atoms with E-state index in [9.17, 15) is 4.79 Å². The van der Waals surface area contributed by atoms with Gasteiger partial charge in [0, 0.05) is 26.2 Å². The highest BCUT2D eigenvalue weighted by Gasteiger charge is 2.29. The topological polar surface area (TPSA) is 108 Å². The fourth-order valence-electron chi connectivity index (χ4n) is 3.60. The van der Waals surface area contributed by atoms with Crippen LogP contribution >= 0.6 is 23.2 Å². The highest BCUT2D eigenvalue weighted by Crippen LogP contribution is 2.36. The second-order valence-electron chi connectivity index (χ2n) is 7.85. The highest BCUT2D eigenvalue weighted by atomic mass is 35.5. The van der Waals surface area contributed by atoms with Gasteiger partial charge in [-0.15, -0.1) is 5.10 Å². The molecular formula is C19H25Cl2N7O2. The van der Waals surface area contributed by atoms with E-state index in [1.54, 1.807) is 0 Å². The molecule has 2 aliphatic rings. The molecule has 30 heavy (non-hydrogen) atoms. The average Bonchev–Trinajstić information content (AvgIpc) is 3.38. The number of morpholine rings is 1.